The molecule has 0 spiro atoms. The quantitative estimate of drug-likeness (QED) is 0.606. The molecule has 1 N–H and O–H groups in total. The van der Waals surface area contributed by atoms with Gasteiger partial charge in [0.1, 0.15) is 12.1 Å². The minimum atomic E-state index is 0.146. The Morgan fingerprint density at radius 3 is 2.72 bits per heavy atom. The standard InChI is InChI=1S/C20H19N5/c1-14-8-9-18-17(10-14)22-13-25(18)20-12-21-11-19(24-20)23-15(2)16-6-4-3-5-7-16/h3-13,15H,1-2H3,(H,23,24)/t15-/m0/s1. The Hall–Kier alpha value is -3.21. The molecule has 2 aromatic heterocycles. The number of rotatable bonds is 4. The highest BCUT2D eigenvalue weighted by Crippen LogP contribution is 2.20. The van der Waals surface area contributed by atoms with Gasteiger partial charge >= 0.3 is 0 Å². The molecule has 2 aromatic carbocycles. The summed E-state index contributed by atoms with van der Waals surface area (Å²) < 4.78 is 1.96. The number of nitrogens with zero attached hydrogens (tertiary/aromatic N) is 4. The number of hydrogen-bond acceptors (Lipinski definition) is 4. The van der Waals surface area contributed by atoms with E-state index in [0.717, 1.165) is 22.7 Å². The zero-order valence-electron chi connectivity index (χ0n) is 14.2. The average Bonchev–Trinajstić information content (AvgIpc) is 3.05. The van der Waals surface area contributed by atoms with E-state index in [1.807, 2.05) is 22.8 Å². The number of nitrogens with one attached hydrogen (secondary N) is 1. The number of aryl methyl sites for hydroxylation is 1. The fraction of sp³-hybridized carbons (Fsp3) is 0.150. The van der Waals surface area contributed by atoms with E-state index < -0.39 is 0 Å². The molecular weight excluding hydrogens is 310 g/mol. The summed E-state index contributed by atoms with van der Waals surface area (Å²) in [6, 6.07) is 16.6. The van der Waals surface area contributed by atoms with Gasteiger partial charge in [0.05, 0.1) is 23.4 Å². The van der Waals surface area contributed by atoms with Crippen LogP contribution in [-0.2, 0) is 0 Å². The number of fused-ring (bicyclic) bond motifs is 1. The van der Waals surface area contributed by atoms with Crippen LogP contribution in [0.4, 0.5) is 5.82 Å². The lowest BCUT2D eigenvalue weighted by molar-refractivity contribution is 0.865. The molecule has 0 fully saturated rings. The van der Waals surface area contributed by atoms with Crippen molar-refractivity contribution in [1.82, 2.24) is 19.5 Å². The molecule has 0 aliphatic rings. The highest BCUT2D eigenvalue weighted by molar-refractivity contribution is 5.77. The number of benzene rings is 2. The Morgan fingerprint density at radius 1 is 1.04 bits per heavy atom. The maximum absolute atomic E-state index is 4.70. The number of aromatic nitrogens is 4. The second kappa shape index (κ2) is 6.36. The number of imidazole rings is 1. The third-order valence-corrected chi connectivity index (χ3v) is 4.24. The molecule has 0 bridgehead atoms. The summed E-state index contributed by atoms with van der Waals surface area (Å²) in [5.74, 6) is 1.49. The van der Waals surface area contributed by atoms with E-state index in [1.54, 1.807) is 18.7 Å². The first-order valence-electron chi connectivity index (χ1n) is 8.28. The lowest BCUT2D eigenvalue weighted by Gasteiger charge is -2.15. The molecule has 1 atom stereocenters. The highest BCUT2D eigenvalue weighted by Gasteiger charge is 2.09. The minimum Gasteiger partial charge on any atom is -0.362 e. The monoisotopic (exact) mass is 329 g/mol. The van der Waals surface area contributed by atoms with E-state index >= 15 is 0 Å². The van der Waals surface area contributed by atoms with Crippen LogP contribution in [0, 0.1) is 6.92 Å². The Kier molecular flexibility index (Phi) is 3.90. The third kappa shape index (κ3) is 3.08. The van der Waals surface area contributed by atoms with Crippen LogP contribution in [0.2, 0.25) is 0 Å². The molecule has 0 saturated carbocycles. The molecule has 124 valence electrons. The summed E-state index contributed by atoms with van der Waals surface area (Å²) in [6.45, 7) is 4.17. The van der Waals surface area contributed by atoms with Gasteiger partial charge in [-0.25, -0.2) is 9.97 Å². The Labute approximate surface area is 146 Å². The summed E-state index contributed by atoms with van der Waals surface area (Å²) in [5.41, 5.74) is 4.38. The van der Waals surface area contributed by atoms with Crippen molar-refractivity contribution in [2.45, 2.75) is 19.9 Å². The van der Waals surface area contributed by atoms with E-state index in [0.29, 0.717) is 0 Å². The summed E-state index contributed by atoms with van der Waals surface area (Å²) in [5, 5.41) is 3.41. The second-order valence-electron chi connectivity index (χ2n) is 6.15. The summed E-state index contributed by atoms with van der Waals surface area (Å²) in [4.78, 5) is 13.5. The maximum atomic E-state index is 4.70. The minimum absolute atomic E-state index is 0.146. The van der Waals surface area contributed by atoms with E-state index in [1.165, 1.54) is 11.1 Å². The Morgan fingerprint density at radius 2 is 1.88 bits per heavy atom. The molecule has 5 nitrogen and oxygen atoms in total. The van der Waals surface area contributed by atoms with E-state index in [9.17, 15) is 0 Å². The van der Waals surface area contributed by atoms with Crippen molar-refractivity contribution >= 4 is 16.9 Å². The van der Waals surface area contributed by atoms with Crippen molar-refractivity contribution in [1.29, 1.82) is 0 Å². The first kappa shape index (κ1) is 15.3. The normalized spacial score (nSPS) is 12.2. The van der Waals surface area contributed by atoms with E-state index in [2.05, 4.69) is 59.5 Å². The summed E-state index contributed by atoms with van der Waals surface area (Å²) in [6.07, 6.45) is 5.28. The molecule has 4 aromatic rings. The zero-order valence-corrected chi connectivity index (χ0v) is 14.2. The van der Waals surface area contributed by atoms with Crippen LogP contribution in [0.25, 0.3) is 16.9 Å². The first-order valence-corrected chi connectivity index (χ1v) is 8.28. The van der Waals surface area contributed by atoms with Crippen LogP contribution in [0.5, 0.6) is 0 Å². The molecule has 5 heteroatoms. The average molecular weight is 329 g/mol. The molecule has 25 heavy (non-hydrogen) atoms. The fourth-order valence-corrected chi connectivity index (χ4v) is 2.89. The molecule has 0 aliphatic carbocycles. The van der Waals surface area contributed by atoms with Crippen LogP contribution in [0.3, 0.4) is 0 Å². The van der Waals surface area contributed by atoms with Crippen LogP contribution < -0.4 is 5.32 Å². The van der Waals surface area contributed by atoms with Crippen molar-refractivity contribution in [2.24, 2.45) is 0 Å². The van der Waals surface area contributed by atoms with Crippen molar-refractivity contribution in [3.05, 3.63) is 78.4 Å². The van der Waals surface area contributed by atoms with Gasteiger partial charge in [0.25, 0.3) is 0 Å². The van der Waals surface area contributed by atoms with Crippen molar-refractivity contribution in [2.75, 3.05) is 5.32 Å². The molecular formula is C20H19N5. The van der Waals surface area contributed by atoms with Crippen LogP contribution in [0.1, 0.15) is 24.1 Å². The Balaban J connectivity index is 1.65. The summed E-state index contributed by atoms with van der Waals surface area (Å²) in [7, 11) is 0. The lowest BCUT2D eigenvalue weighted by atomic mass is 10.1. The third-order valence-electron chi connectivity index (χ3n) is 4.24. The fourth-order valence-electron chi connectivity index (χ4n) is 2.89. The van der Waals surface area contributed by atoms with Crippen molar-refractivity contribution < 1.29 is 0 Å². The number of anilines is 1. The molecule has 0 radical (unpaired) electrons. The van der Waals surface area contributed by atoms with Gasteiger partial charge in [-0.3, -0.25) is 9.55 Å². The lowest BCUT2D eigenvalue weighted by Crippen LogP contribution is -2.09. The number of hydrogen-bond donors (Lipinski definition) is 1. The van der Waals surface area contributed by atoms with Gasteiger partial charge in [-0.2, -0.15) is 0 Å². The van der Waals surface area contributed by atoms with Crippen molar-refractivity contribution in [3.63, 3.8) is 0 Å². The predicted molar refractivity (Wildman–Crippen MR) is 99.9 cm³/mol. The molecule has 2 heterocycles. The van der Waals surface area contributed by atoms with E-state index in [4.69, 9.17) is 4.98 Å². The maximum Gasteiger partial charge on any atom is 0.159 e. The van der Waals surface area contributed by atoms with Crippen LogP contribution in [-0.4, -0.2) is 19.5 Å². The van der Waals surface area contributed by atoms with Gasteiger partial charge in [-0.05, 0) is 37.1 Å². The molecule has 0 saturated heterocycles. The molecule has 0 amide bonds. The van der Waals surface area contributed by atoms with Crippen molar-refractivity contribution in [3.8, 4) is 5.82 Å². The topological polar surface area (TPSA) is 55.6 Å². The largest absolute Gasteiger partial charge is 0.362 e. The van der Waals surface area contributed by atoms with E-state index in [-0.39, 0.29) is 6.04 Å². The predicted octanol–water partition coefficient (Wildman–Crippen LogP) is 4.30. The van der Waals surface area contributed by atoms with Gasteiger partial charge in [-0.1, -0.05) is 36.4 Å². The smallest absolute Gasteiger partial charge is 0.159 e. The van der Waals surface area contributed by atoms with Gasteiger partial charge in [-0.15, -0.1) is 0 Å². The van der Waals surface area contributed by atoms with Gasteiger partial charge in [0.2, 0.25) is 0 Å². The zero-order chi connectivity index (χ0) is 17.2. The highest BCUT2D eigenvalue weighted by atomic mass is 15.2. The SMILES string of the molecule is Cc1ccc2c(c1)ncn2-c1cncc(N[C@@H](C)c2ccccc2)n1. The molecule has 0 aliphatic heterocycles. The first-order chi connectivity index (χ1) is 12.2. The van der Waals surface area contributed by atoms with Crippen LogP contribution >= 0.6 is 0 Å². The van der Waals surface area contributed by atoms with Gasteiger partial charge < -0.3 is 5.32 Å². The van der Waals surface area contributed by atoms with Gasteiger partial charge in [0.15, 0.2) is 5.82 Å². The summed E-state index contributed by atoms with van der Waals surface area (Å²) >= 11 is 0. The molecule has 0 unspecified atom stereocenters. The van der Waals surface area contributed by atoms with Gasteiger partial charge in [0, 0.05) is 6.04 Å². The molecule has 4 rings (SSSR count). The Bertz CT molecular complexity index is 1010. The van der Waals surface area contributed by atoms with Crippen LogP contribution in [0.15, 0.2) is 67.3 Å². The second-order valence-corrected chi connectivity index (χ2v) is 6.15.